The lowest BCUT2D eigenvalue weighted by molar-refractivity contribution is 0.105. The smallest absolute Gasteiger partial charge is 0.203 e. The van der Waals surface area contributed by atoms with E-state index in [1.54, 1.807) is 12.1 Å². The molecule has 0 unspecified atom stereocenters. The van der Waals surface area contributed by atoms with Crippen LogP contribution in [0.25, 0.3) is 22.6 Å². The Kier molecular flexibility index (Phi) is 5.76. The Balaban J connectivity index is 1.88. The van der Waals surface area contributed by atoms with Crippen molar-refractivity contribution in [3.05, 3.63) is 89.6 Å². The minimum atomic E-state index is -0.143. The van der Waals surface area contributed by atoms with Crippen molar-refractivity contribution in [2.24, 2.45) is 0 Å². The molecule has 156 valence electrons. The fourth-order valence-electron chi connectivity index (χ4n) is 3.63. The van der Waals surface area contributed by atoms with Crippen LogP contribution in [0.1, 0.15) is 21.5 Å². The topological polar surface area (TPSA) is 60.6 Å². The van der Waals surface area contributed by atoms with Gasteiger partial charge in [0.1, 0.15) is 0 Å². The largest absolute Gasteiger partial charge is 0.493 e. The van der Waals surface area contributed by atoms with Crippen molar-refractivity contribution >= 4 is 28.3 Å². The van der Waals surface area contributed by atoms with Gasteiger partial charge in [-0.25, -0.2) is 0 Å². The van der Waals surface area contributed by atoms with E-state index >= 15 is 0 Å². The highest BCUT2D eigenvalue weighted by molar-refractivity contribution is 6.33. The van der Waals surface area contributed by atoms with Crippen LogP contribution in [-0.2, 0) is 0 Å². The number of ketones is 1. The maximum absolute atomic E-state index is 13.7. The summed E-state index contributed by atoms with van der Waals surface area (Å²) in [5.41, 5.74) is 3.80. The first-order valence-electron chi connectivity index (χ1n) is 9.84. The summed E-state index contributed by atoms with van der Waals surface area (Å²) in [7, 11) is 4.60. The first-order chi connectivity index (χ1) is 15.2. The Labute approximate surface area is 180 Å². The molecule has 0 spiro atoms. The number of para-hydroxylation sites is 1. The summed E-state index contributed by atoms with van der Waals surface area (Å²) in [4.78, 5) is 17.0. The average Bonchev–Trinajstić information content (AvgIpc) is 3.24. The number of carbonyl (C=O) groups excluding carboxylic acids is 1. The highest BCUT2D eigenvalue weighted by Gasteiger charge is 2.21. The first-order valence-corrected chi connectivity index (χ1v) is 9.84. The van der Waals surface area contributed by atoms with Crippen molar-refractivity contribution in [2.45, 2.75) is 0 Å². The van der Waals surface area contributed by atoms with Crippen molar-refractivity contribution < 1.29 is 19.0 Å². The molecular formula is C26H23NO4. The third kappa shape index (κ3) is 3.90. The van der Waals surface area contributed by atoms with Crippen LogP contribution >= 0.6 is 0 Å². The van der Waals surface area contributed by atoms with Gasteiger partial charge in [-0.2, -0.15) is 0 Å². The van der Waals surface area contributed by atoms with E-state index in [-0.39, 0.29) is 5.78 Å². The maximum atomic E-state index is 13.7. The lowest BCUT2D eigenvalue weighted by Gasteiger charge is -2.15. The van der Waals surface area contributed by atoms with Gasteiger partial charge in [0.2, 0.25) is 5.75 Å². The average molecular weight is 413 g/mol. The number of hydrogen-bond donors (Lipinski definition) is 1. The minimum absolute atomic E-state index is 0.143. The number of fused-ring (bicyclic) bond motifs is 1. The predicted octanol–water partition coefficient (Wildman–Crippen LogP) is 5.62. The molecule has 0 amide bonds. The van der Waals surface area contributed by atoms with Crippen LogP contribution in [0.5, 0.6) is 17.2 Å². The fourth-order valence-corrected chi connectivity index (χ4v) is 3.63. The number of aromatic nitrogens is 1. The van der Waals surface area contributed by atoms with Gasteiger partial charge >= 0.3 is 0 Å². The predicted molar refractivity (Wildman–Crippen MR) is 123 cm³/mol. The molecule has 1 N–H and O–H groups in total. The van der Waals surface area contributed by atoms with Crippen molar-refractivity contribution in [3.8, 4) is 17.2 Å². The molecule has 4 aromatic rings. The number of H-pyrrole nitrogens is 1. The quantitative estimate of drug-likeness (QED) is 0.316. The number of ether oxygens (including phenoxy) is 3. The Morgan fingerprint density at radius 1 is 0.806 bits per heavy atom. The Morgan fingerprint density at radius 3 is 2.10 bits per heavy atom. The van der Waals surface area contributed by atoms with Crippen LogP contribution in [0.2, 0.25) is 0 Å². The van der Waals surface area contributed by atoms with E-state index in [1.807, 2.05) is 66.9 Å². The molecule has 4 rings (SSSR count). The molecule has 0 aliphatic rings. The molecule has 3 aromatic carbocycles. The second-order valence-electron chi connectivity index (χ2n) is 6.96. The lowest BCUT2D eigenvalue weighted by atomic mass is 9.94. The van der Waals surface area contributed by atoms with E-state index in [1.165, 1.54) is 21.3 Å². The molecule has 0 saturated heterocycles. The van der Waals surface area contributed by atoms with Gasteiger partial charge in [-0.1, -0.05) is 48.5 Å². The fraction of sp³-hybridized carbons (Fsp3) is 0.115. The molecule has 1 aromatic heterocycles. The lowest BCUT2D eigenvalue weighted by Crippen LogP contribution is -2.05. The van der Waals surface area contributed by atoms with Gasteiger partial charge in [0, 0.05) is 33.8 Å². The number of Topliss-reactive ketones (excluding diaryl/α,β-unsaturated/α-hetero) is 1. The molecule has 0 atom stereocenters. The molecule has 5 nitrogen and oxygen atoms in total. The minimum Gasteiger partial charge on any atom is -0.493 e. The van der Waals surface area contributed by atoms with Gasteiger partial charge in [-0.3, -0.25) is 4.79 Å². The maximum Gasteiger partial charge on any atom is 0.203 e. The van der Waals surface area contributed by atoms with Gasteiger partial charge in [0.05, 0.1) is 21.3 Å². The molecule has 0 fully saturated rings. The van der Waals surface area contributed by atoms with Crippen molar-refractivity contribution in [1.82, 2.24) is 4.98 Å². The molecule has 0 aliphatic heterocycles. The molecule has 0 bridgehead atoms. The molecule has 0 aliphatic carbocycles. The number of allylic oxidation sites excluding steroid dienone is 1. The summed E-state index contributed by atoms with van der Waals surface area (Å²) in [5.74, 6) is 1.17. The van der Waals surface area contributed by atoms with Crippen LogP contribution in [0.3, 0.4) is 0 Å². The molecule has 31 heavy (non-hydrogen) atoms. The summed E-state index contributed by atoms with van der Waals surface area (Å²) in [6.45, 7) is 0. The third-order valence-electron chi connectivity index (χ3n) is 5.18. The number of carbonyl (C=O) groups is 1. The Morgan fingerprint density at radius 2 is 1.45 bits per heavy atom. The van der Waals surface area contributed by atoms with Crippen LogP contribution in [0.4, 0.5) is 0 Å². The number of nitrogens with one attached hydrogen (secondary N) is 1. The second kappa shape index (κ2) is 8.79. The molecule has 0 saturated carbocycles. The van der Waals surface area contributed by atoms with Crippen LogP contribution in [0, 0.1) is 0 Å². The number of rotatable bonds is 7. The van der Waals surface area contributed by atoms with Crippen LogP contribution in [0.15, 0.2) is 72.9 Å². The van der Waals surface area contributed by atoms with Gasteiger partial charge < -0.3 is 19.2 Å². The number of benzene rings is 3. The molecule has 0 radical (unpaired) electrons. The molecular weight excluding hydrogens is 390 g/mol. The Hall–Kier alpha value is -3.99. The van der Waals surface area contributed by atoms with E-state index < -0.39 is 0 Å². The summed E-state index contributed by atoms with van der Waals surface area (Å²) in [5, 5.41) is 1.05. The normalized spacial score (nSPS) is 11.4. The van der Waals surface area contributed by atoms with E-state index in [0.29, 0.717) is 28.4 Å². The molecule has 1 heterocycles. The van der Waals surface area contributed by atoms with Crippen LogP contribution < -0.4 is 14.2 Å². The zero-order chi connectivity index (χ0) is 21.8. The summed E-state index contributed by atoms with van der Waals surface area (Å²) in [6, 6.07) is 21.0. The van der Waals surface area contributed by atoms with E-state index in [2.05, 4.69) is 4.98 Å². The Bertz CT molecular complexity index is 1230. The number of aromatic amines is 1. The highest BCUT2D eigenvalue weighted by atomic mass is 16.5. The van der Waals surface area contributed by atoms with Crippen molar-refractivity contribution in [3.63, 3.8) is 0 Å². The second-order valence-corrected chi connectivity index (χ2v) is 6.96. The summed E-state index contributed by atoms with van der Waals surface area (Å²) in [6.07, 6.45) is 3.83. The first kappa shape index (κ1) is 20.3. The third-order valence-corrected chi connectivity index (χ3v) is 5.18. The summed E-state index contributed by atoms with van der Waals surface area (Å²) >= 11 is 0. The monoisotopic (exact) mass is 413 g/mol. The van der Waals surface area contributed by atoms with Gasteiger partial charge in [0.15, 0.2) is 17.3 Å². The zero-order valence-electron chi connectivity index (χ0n) is 17.6. The van der Waals surface area contributed by atoms with Gasteiger partial charge in [-0.15, -0.1) is 0 Å². The van der Waals surface area contributed by atoms with E-state index in [4.69, 9.17) is 14.2 Å². The number of hydrogen-bond acceptors (Lipinski definition) is 4. The van der Waals surface area contributed by atoms with E-state index in [0.717, 1.165) is 22.0 Å². The van der Waals surface area contributed by atoms with Crippen molar-refractivity contribution in [2.75, 3.05) is 21.3 Å². The molecule has 5 heteroatoms. The highest BCUT2D eigenvalue weighted by Crippen LogP contribution is 2.39. The van der Waals surface area contributed by atoms with Crippen LogP contribution in [-0.4, -0.2) is 32.1 Å². The van der Waals surface area contributed by atoms with Gasteiger partial charge in [-0.05, 0) is 29.8 Å². The zero-order valence-corrected chi connectivity index (χ0v) is 17.6. The summed E-state index contributed by atoms with van der Waals surface area (Å²) < 4.78 is 16.3. The van der Waals surface area contributed by atoms with Crippen molar-refractivity contribution in [1.29, 1.82) is 0 Å². The van der Waals surface area contributed by atoms with Gasteiger partial charge in [0.25, 0.3) is 0 Å². The SMILES string of the molecule is COc1cc(C(=O)/C(=C/c2c[nH]c3ccccc23)c2ccccc2)cc(OC)c1OC. The van der Waals surface area contributed by atoms with E-state index in [9.17, 15) is 4.79 Å². The standard InChI is InChI=1S/C26H23NO4/c1-29-23-14-18(15-24(30-2)26(23)31-3)25(28)21(17-9-5-4-6-10-17)13-19-16-27-22-12-8-7-11-20(19)22/h4-16,27H,1-3H3/b21-13+. The number of methoxy groups -OCH3 is 3.